The van der Waals surface area contributed by atoms with Crippen molar-refractivity contribution in [3.63, 3.8) is 0 Å². The molecule has 8 heteroatoms. The van der Waals surface area contributed by atoms with Gasteiger partial charge in [-0.15, -0.1) is 0 Å². The zero-order valence-corrected chi connectivity index (χ0v) is 15.2. The standard InChI is InChI=1S/C17H27N3O5/c1-5-23-13-8-6-7-9-14(13)24-12-19-15(21)20(11-10-18)16(22)25-17(2,3)4/h6-9H,5,10-12,18H2,1-4H3,(H,19,21). The second-order valence-electron chi connectivity index (χ2n) is 6.07. The molecule has 0 aliphatic rings. The fourth-order valence-electron chi connectivity index (χ4n) is 1.84. The number of urea groups is 1. The van der Waals surface area contributed by atoms with Gasteiger partial charge in [-0.25, -0.2) is 14.5 Å². The Morgan fingerprint density at radius 3 is 2.28 bits per heavy atom. The highest BCUT2D eigenvalue weighted by molar-refractivity contribution is 5.91. The summed E-state index contributed by atoms with van der Waals surface area (Å²) in [7, 11) is 0. The number of benzene rings is 1. The van der Waals surface area contributed by atoms with Gasteiger partial charge in [-0.3, -0.25) is 0 Å². The average Bonchev–Trinajstić information content (AvgIpc) is 2.52. The van der Waals surface area contributed by atoms with Crippen LogP contribution in [-0.4, -0.2) is 49.1 Å². The maximum Gasteiger partial charge on any atom is 0.418 e. The van der Waals surface area contributed by atoms with E-state index in [2.05, 4.69) is 5.32 Å². The molecule has 0 saturated heterocycles. The van der Waals surface area contributed by atoms with Crippen LogP contribution in [0.2, 0.25) is 0 Å². The number of nitrogens with two attached hydrogens (primary N) is 1. The summed E-state index contributed by atoms with van der Waals surface area (Å²) < 4.78 is 16.1. The van der Waals surface area contributed by atoms with Crippen LogP contribution in [0.25, 0.3) is 0 Å². The number of rotatable bonds is 7. The first-order valence-electron chi connectivity index (χ1n) is 8.11. The van der Waals surface area contributed by atoms with E-state index in [1.165, 1.54) is 0 Å². The van der Waals surface area contributed by atoms with Gasteiger partial charge in [0.25, 0.3) is 0 Å². The van der Waals surface area contributed by atoms with Crippen LogP contribution in [0.1, 0.15) is 27.7 Å². The topological polar surface area (TPSA) is 103 Å². The molecule has 0 fully saturated rings. The molecule has 0 unspecified atom stereocenters. The number of hydrogen-bond donors (Lipinski definition) is 2. The molecule has 0 radical (unpaired) electrons. The number of imide groups is 1. The molecule has 1 aromatic rings. The first-order valence-corrected chi connectivity index (χ1v) is 8.11. The van der Waals surface area contributed by atoms with Crippen molar-refractivity contribution in [1.82, 2.24) is 10.2 Å². The summed E-state index contributed by atoms with van der Waals surface area (Å²) in [6.07, 6.45) is -0.759. The van der Waals surface area contributed by atoms with Gasteiger partial charge in [0, 0.05) is 13.1 Å². The van der Waals surface area contributed by atoms with E-state index in [1.807, 2.05) is 13.0 Å². The van der Waals surface area contributed by atoms with Crippen LogP contribution >= 0.6 is 0 Å². The molecule has 0 heterocycles. The SMILES string of the molecule is CCOc1ccccc1OCNC(=O)N(CCN)C(=O)OC(C)(C)C. The maximum absolute atomic E-state index is 12.2. The fraction of sp³-hybridized carbons (Fsp3) is 0.529. The van der Waals surface area contributed by atoms with E-state index in [0.717, 1.165) is 4.90 Å². The third-order valence-corrected chi connectivity index (χ3v) is 2.81. The highest BCUT2D eigenvalue weighted by atomic mass is 16.6. The van der Waals surface area contributed by atoms with Crippen molar-refractivity contribution in [2.24, 2.45) is 5.73 Å². The van der Waals surface area contributed by atoms with Gasteiger partial charge in [-0.05, 0) is 39.8 Å². The Labute approximate surface area is 148 Å². The number of para-hydroxylation sites is 2. The second-order valence-corrected chi connectivity index (χ2v) is 6.07. The zero-order chi connectivity index (χ0) is 18.9. The molecular formula is C17H27N3O5. The second kappa shape index (κ2) is 9.73. The summed E-state index contributed by atoms with van der Waals surface area (Å²) in [6, 6.07) is 6.46. The molecular weight excluding hydrogens is 326 g/mol. The largest absolute Gasteiger partial charge is 0.490 e. The summed E-state index contributed by atoms with van der Waals surface area (Å²) in [6.45, 7) is 7.55. The van der Waals surface area contributed by atoms with E-state index in [0.29, 0.717) is 18.1 Å². The Morgan fingerprint density at radius 2 is 1.76 bits per heavy atom. The number of hydrogen-bond acceptors (Lipinski definition) is 6. The maximum atomic E-state index is 12.2. The van der Waals surface area contributed by atoms with Crippen molar-refractivity contribution < 1.29 is 23.8 Å². The summed E-state index contributed by atoms with van der Waals surface area (Å²) in [5, 5.41) is 2.50. The predicted molar refractivity (Wildman–Crippen MR) is 93.6 cm³/mol. The summed E-state index contributed by atoms with van der Waals surface area (Å²) in [5.74, 6) is 1.07. The van der Waals surface area contributed by atoms with Gasteiger partial charge in [0.1, 0.15) is 5.60 Å². The lowest BCUT2D eigenvalue weighted by Crippen LogP contribution is -2.48. The van der Waals surface area contributed by atoms with Gasteiger partial charge < -0.3 is 25.3 Å². The van der Waals surface area contributed by atoms with Gasteiger partial charge in [0.2, 0.25) is 0 Å². The summed E-state index contributed by atoms with van der Waals surface area (Å²) in [4.78, 5) is 25.2. The number of ether oxygens (including phenoxy) is 3. The molecule has 3 amide bonds. The molecule has 0 bridgehead atoms. The van der Waals surface area contributed by atoms with E-state index in [4.69, 9.17) is 19.9 Å². The monoisotopic (exact) mass is 353 g/mol. The van der Waals surface area contributed by atoms with Crippen molar-refractivity contribution in [3.05, 3.63) is 24.3 Å². The molecule has 25 heavy (non-hydrogen) atoms. The Bertz CT molecular complexity index is 572. The molecule has 0 aromatic heterocycles. The summed E-state index contributed by atoms with van der Waals surface area (Å²) >= 11 is 0. The molecule has 0 aliphatic heterocycles. The quantitative estimate of drug-likeness (QED) is 0.729. The Balaban J connectivity index is 2.62. The Kier molecular flexibility index (Phi) is 8.00. The Morgan fingerprint density at radius 1 is 1.16 bits per heavy atom. The summed E-state index contributed by atoms with van der Waals surface area (Å²) in [5.41, 5.74) is 4.75. The van der Waals surface area contributed by atoms with E-state index in [-0.39, 0.29) is 19.8 Å². The number of nitrogens with zero attached hydrogens (tertiary/aromatic N) is 1. The average molecular weight is 353 g/mol. The highest BCUT2D eigenvalue weighted by Gasteiger charge is 2.26. The molecule has 0 aliphatic carbocycles. The van der Waals surface area contributed by atoms with E-state index < -0.39 is 17.7 Å². The predicted octanol–water partition coefficient (Wildman–Crippen LogP) is 2.33. The van der Waals surface area contributed by atoms with Crippen LogP contribution in [0.4, 0.5) is 9.59 Å². The van der Waals surface area contributed by atoms with Crippen LogP contribution in [0.3, 0.4) is 0 Å². The third-order valence-electron chi connectivity index (χ3n) is 2.81. The molecule has 1 aromatic carbocycles. The van der Waals surface area contributed by atoms with Crippen molar-refractivity contribution in [1.29, 1.82) is 0 Å². The van der Waals surface area contributed by atoms with Crippen LogP contribution in [0.15, 0.2) is 24.3 Å². The minimum absolute atomic E-state index is 0.0380. The van der Waals surface area contributed by atoms with Crippen molar-refractivity contribution >= 4 is 12.1 Å². The van der Waals surface area contributed by atoms with Crippen LogP contribution in [-0.2, 0) is 4.74 Å². The van der Waals surface area contributed by atoms with Crippen LogP contribution in [0.5, 0.6) is 11.5 Å². The number of nitrogens with one attached hydrogen (secondary N) is 1. The number of amides is 3. The number of carbonyl (C=O) groups is 2. The molecule has 8 nitrogen and oxygen atoms in total. The first-order chi connectivity index (χ1) is 11.8. The van der Waals surface area contributed by atoms with E-state index in [9.17, 15) is 9.59 Å². The highest BCUT2D eigenvalue weighted by Crippen LogP contribution is 2.25. The molecule has 0 saturated carbocycles. The van der Waals surface area contributed by atoms with Gasteiger partial charge in [0.15, 0.2) is 18.2 Å². The smallest absolute Gasteiger partial charge is 0.418 e. The van der Waals surface area contributed by atoms with Crippen LogP contribution < -0.4 is 20.5 Å². The molecule has 0 atom stereocenters. The van der Waals surface area contributed by atoms with E-state index in [1.54, 1.807) is 39.0 Å². The van der Waals surface area contributed by atoms with Crippen molar-refractivity contribution in [2.45, 2.75) is 33.3 Å². The minimum atomic E-state index is -0.759. The molecule has 3 N–H and O–H groups in total. The molecule has 1 rings (SSSR count). The molecule has 140 valence electrons. The van der Waals surface area contributed by atoms with Crippen molar-refractivity contribution in [3.8, 4) is 11.5 Å². The van der Waals surface area contributed by atoms with Crippen LogP contribution in [0, 0.1) is 0 Å². The molecule has 0 spiro atoms. The number of carbonyl (C=O) groups excluding carboxylic acids is 2. The van der Waals surface area contributed by atoms with Crippen molar-refractivity contribution in [2.75, 3.05) is 26.4 Å². The zero-order valence-electron chi connectivity index (χ0n) is 15.2. The lowest BCUT2D eigenvalue weighted by molar-refractivity contribution is 0.0321. The third kappa shape index (κ3) is 7.30. The van der Waals surface area contributed by atoms with Gasteiger partial charge >= 0.3 is 12.1 Å². The van der Waals surface area contributed by atoms with Gasteiger partial charge in [0.05, 0.1) is 6.61 Å². The lowest BCUT2D eigenvalue weighted by atomic mass is 10.2. The van der Waals surface area contributed by atoms with Gasteiger partial charge in [-0.2, -0.15) is 0 Å². The minimum Gasteiger partial charge on any atom is -0.490 e. The fourth-order valence-corrected chi connectivity index (χ4v) is 1.84. The Hall–Kier alpha value is -2.48. The normalized spacial score (nSPS) is 10.8. The first kappa shape index (κ1) is 20.6. The van der Waals surface area contributed by atoms with Gasteiger partial charge in [-0.1, -0.05) is 12.1 Å². The lowest BCUT2D eigenvalue weighted by Gasteiger charge is -2.26. The van der Waals surface area contributed by atoms with E-state index >= 15 is 0 Å².